The van der Waals surface area contributed by atoms with Crippen molar-refractivity contribution in [3.63, 3.8) is 0 Å². The topological polar surface area (TPSA) is 18.5 Å². The molecule has 6 heteroatoms. The molecular formula is C17H12F4O2. The van der Waals surface area contributed by atoms with Gasteiger partial charge in [-0.3, -0.25) is 0 Å². The van der Waals surface area contributed by atoms with Gasteiger partial charge in [0, 0.05) is 16.9 Å². The molecule has 1 aliphatic rings. The summed E-state index contributed by atoms with van der Waals surface area (Å²) in [5.41, 5.74) is 0.457. The Hall–Kier alpha value is -2.10. The first-order valence-electron chi connectivity index (χ1n) is 6.99. The standard InChI is InChI=1S/C17H12F4O2/c18-15-11(6-7-17(19,20)21)2-3-12-10-13(4-5-14(12)15)16-22-8-1-9-23-16/h2-5,10,16H,1,8-9H2. The molecule has 0 unspecified atom stereocenters. The third-order valence-corrected chi connectivity index (χ3v) is 3.42. The highest BCUT2D eigenvalue weighted by Gasteiger charge is 2.23. The molecule has 0 N–H and O–H groups in total. The Bertz CT molecular complexity index is 781. The van der Waals surface area contributed by atoms with Crippen LogP contribution in [0.3, 0.4) is 0 Å². The lowest BCUT2D eigenvalue weighted by atomic mass is 10.0. The van der Waals surface area contributed by atoms with Gasteiger partial charge >= 0.3 is 6.18 Å². The zero-order valence-electron chi connectivity index (χ0n) is 11.9. The van der Waals surface area contributed by atoms with E-state index in [2.05, 4.69) is 0 Å². The summed E-state index contributed by atoms with van der Waals surface area (Å²) in [5.74, 6) is 2.13. The van der Waals surface area contributed by atoms with Gasteiger partial charge in [-0.05, 0) is 23.9 Å². The van der Waals surface area contributed by atoms with Crippen LogP contribution < -0.4 is 0 Å². The Balaban J connectivity index is 1.97. The van der Waals surface area contributed by atoms with E-state index < -0.39 is 18.3 Å². The second kappa shape index (κ2) is 6.19. The summed E-state index contributed by atoms with van der Waals surface area (Å²) in [7, 11) is 0. The van der Waals surface area contributed by atoms with Crippen molar-refractivity contribution in [2.24, 2.45) is 0 Å². The minimum absolute atomic E-state index is 0.207. The minimum Gasteiger partial charge on any atom is -0.348 e. The van der Waals surface area contributed by atoms with E-state index in [-0.39, 0.29) is 10.9 Å². The molecule has 0 radical (unpaired) electrons. The van der Waals surface area contributed by atoms with E-state index in [1.54, 1.807) is 12.1 Å². The molecule has 1 fully saturated rings. The number of hydrogen-bond donors (Lipinski definition) is 0. The van der Waals surface area contributed by atoms with Crippen LogP contribution in [0.15, 0.2) is 30.3 Å². The summed E-state index contributed by atoms with van der Waals surface area (Å²) in [6.45, 7) is 1.17. The number of halogens is 4. The maximum atomic E-state index is 14.3. The minimum atomic E-state index is -4.65. The molecule has 2 nitrogen and oxygen atoms in total. The van der Waals surface area contributed by atoms with Crippen LogP contribution >= 0.6 is 0 Å². The highest BCUT2D eigenvalue weighted by atomic mass is 19.4. The molecule has 2 aromatic rings. The van der Waals surface area contributed by atoms with E-state index in [9.17, 15) is 17.6 Å². The number of rotatable bonds is 1. The van der Waals surface area contributed by atoms with Crippen molar-refractivity contribution in [3.05, 3.63) is 47.3 Å². The average Bonchev–Trinajstić information content (AvgIpc) is 2.54. The van der Waals surface area contributed by atoms with E-state index in [0.717, 1.165) is 17.9 Å². The molecule has 0 aliphatic carbocycles. The molecule has 0 saturated carbocycles. The van der Waals surface area contributed by atoms with E-state index in [4.69, 9.17) is 9.47 Å². The van der Waals surface area contributed by atoms with Crippen LogP contribution in [-0.2, 0) is 9.47 Å². The van der Waals surface area contributed by atoms with Crippen LogP contribution in [0.4, 0.5) is 17.6 Å². The average molecular weight is 324 g/mol. The zero-order chi connectivity index (χ0) is 16.4. The van der Waals surface area contributed by atoms with E-state index in [0.29, 0.717) is 18.6 Å². The number of hydrogen-bond acceptors (Lipinski definition) is 2. The molecule has 0 amide bonds. The second-order valence-corrected chi connectivity index (χ2v) is 5.08. The Morgan fingerprint density at radius 1 is 1.04 bits per heavy atom. The second-order valence-electron chi connectivity index (χ2n) is 5.08. The maximum Gasteiger partial charge on any atom is 0.458 e. The highest BCUT2D eigenvalue weighted by molar-refractivity contribution is 5.85. The van der Waals surface area contributed by atoms with Gasteiger partial charge in [-0.1, -0.05) is 24.1 Å². The Morgan fingerprint density at radius 2 is 1.78 bits per heavy atom. The molecule has 3 rings (SSSR count). The summed E-state index contributed by atoms with van der Waals surface area (Å²) >= 11 is 0. The Morgan fingerprint density at radius 3 is 2.48 bits per heavy atom. The van der Waals surface area contributed by atoms with Gasteiger partial charge in [0.2, 0.25) is 0 Å². The van der Waals surface area contributed by atoms with Crippen molar-refractivity contribution >= 4 is 10.8 Å². The number of fused-ring (bicyclic) bond motifs is 1. The Kier molecular flexibility index (Phi) is 4.24. The molecule has 120 valence electrons. The third-order valence-electron chi connectivity index (χ3n) is 3.42. The monoisotopic (exact) mass is 324 g/mol. The molecule has 0 aromatic heterocycles. The predicted molar refractivity (Wildman–Crippen MR) is 76.1 cm³/mol. The van der Waals surface area contributed by atoms with E-state index in [1.807, 2.05) is 5.92 Å². The van der Waals surface area contributed by atoms with Gasteiger partial charge in [-0.15, -0.1) is 0 Å². The summed E-state index contributed by atoms with van der Waals surface area (Å²) in [4.78, 5) is 0. The Labute approximate surface area is 130 Å². The molecule has 0 spiro atoms. The number of alkyl halides is 3. The van der Waals surface area contributed by atoms with Gasteiger partial charge < -0.3 is 9.47 Å². The summed E-state index contributed by atoms with van der Waals surface area (Å²) in [6.07, 6.45) is -4.33. The normalized spacial score (nSPS) is 16.2. The van der Waals surface area contributed by atoms with Crippen molar-refractivity contribution in [3.8, 4) is 11.8 Å². The van der Waals surface area contributed by atoms with Crippen LogP contribution in [0.25, 0.3) is 10.8 Å². The fourth-order valence-electron chi connectivity index (χ4n) is 2.37. The van der Waals surface area contributed by atoms with Gasteiger partial charge in [0.25, 0.3) is 0 Å². The SMILES string of the molecule is Fc1c(C#CC(F)(F)F)ccc2cc(C3OCCCO3)ccc12. The smallest absolute Gasteiger partial charge is 0.348 e. The van der Waals surface area contributed by atoms with E-state index >= 15 is 0 Å². The summed E-state index contributed by atoms with van der Waals surface area (Å²) < 4.78 is 61.6. The third kappa shape index (κ3) is 3.63. The molecule has 0 atom stereocenters. The van der Waals surface area contributed by atoms with Gasteiger partial charge in [-0.25, -0.2) is 4.39 Å². The largest absolute Gasteiger partial charge is 0.458 e. The van der Waals surface area contributed by atoms with Crippen molar-refractivity contribution in [1.29, 1.82) is 0 Å². The van der Waals surface area contributed by atoms with Crippen molar-refractivity contribution in [2.75, 3.05) is 13.2 Å². The maximum absolute atomic E-state index is 14.3. The van der Waals surface area contributed by atoms with Crippen LogP contribution in [-0.4, -0.2) is 19.4 Å². The number of ether oxygens (including phenoxy) is 2. The molecule has 1 saturated heterocycles. The molecule has 2 aromatic carbocycles. The predicted octanol–water partition coefficient (Wildman–Crippen LogP) is 4.33. The lowest BCUT2D eigenvalue weighted by Gasteiger charge is -2.23. The first kappa shape index (κ1) is 15.8. The van der Waals surface area contributed by atoms with Gasteiger partial charge in [0.05, 0.1) is 18.8 Å². The summed E-state index contributed by atoms with van der Waals surface area (Å²) in [5, 5.41) is 0.758. The molecule has 1 heterocycles. The zero-order valence-corrected chi connectivity index (χ0v) is 11.9. The lowest BCUT2D eigenvalue weighted by Crippen LogP contribution is -2.17. The van der Waals surface area contributed by atoms with Crippen LogP contribution in [0.5, 0.6) is 0 Å². The molecule has 1 aliphatic heterocycles. The van der Waals surface area contributed by atoms with Gasteiger partial charge in [0.1, 0.15) is 5.82 Å². The molecule has 0 bridgehead atoms. The molecular weight excluding hydrogens is 312 g/mol. The van der Waals surface area contributed by atoms with Crippen LogP contribution in [0.1, 0.15) is 23.8 Å². The number of benzene rings is 2. The first-order valence-corrected chi connectivity index (χ1v) is 6.99. The van der Waals surface area contributed by atoms with Gasteiger partial charge in [-0.2, -0.15) is 13.2 Å². The first-order chi connectivity index (χ1) is 10.9. The highest BCUT2D eigenvalue weighted by Crippen LogP contribution is 2.28. The van der Waals surface area contributed by atoms with E-state index in [1.165, 1.54) is 18.2 Å². The van der Waals surface area contributed by atoms with Crippen LogP contribution in [0, 0.1) is 17.7 Å². The van der Waals surface area contributed by atoms with Crippen molar-refractivity contribution in [2.45, 2.75) is 18.9 Å². The fourth-order valence-corrected chi connectivity index (χ4v) is 2.37. The molecule has 23 heavy (non-hydrogen) atoms. The van der Waals surface area contributed by atoms with Crippen molar-refractivity contribution < 1.29 is 27.0 Å². The quantitative estimate of drug-likeness (QED) is 0.574. The van der Waals surface area contributed by atoms with Crippen LogP contribution in [0.2, 0.25) is 0 Å². The lowest BCUT2D eigenvalue weighted by molar-refractivity contribution is -0.182. The summed E-state index contributed by atoms with van der Waals surface area (Å²) in [6, 6.07) is 7.62. The van der Waals surface area contributed by atoms with Gasteiger partial charge in [0.15, 0.2) is 6.29 Å². The van der Waals surface area contributed by atoms with Crippen molar-refractivity contribution in [1.82, 2.24) is 0 Å². The fraction of sp³-hybridized carbons (Fsp3) is 0.294.